The molecule has 1 unspecified atom stereocenters. The average molecular weight is 378 g/mol. The van der Waals surface area contributed by atoms with Gasteiger partial charge < -0.3 is 10.0 Å². The van der Waals surface area contributed by atoms with Gasteiger partial charge in [-0.2, -0.15) is 0 Å². The van der Waals surface area contributed by atoms with Crippen molar-refractivity contribution in [2.45, 2.75) is 95.6 Å². The van der Waals surface area contributed by atoms with E-state index in [1.165, 1.54) is 69.8 Å². The van der Waals surface area contributed by atoms with E-state index in [0.717, 1.165) is 36.1 Å². The lowest BCUT2D eigenvalue weighted by Crippen LogP contribution is -2.37. The maximum absolute atomic E-state index is 10.7. The monoisotopic (exact) mass is 377 g/mol. The molecule has 1 N–H and O–H groups in total. The van der Waals surface area contributed by atoms with Gasteiger partial charge in [-0.15, -0.1) is 0 Å². The smallest absolute Gasteiger partial charge is 0.0802 e. The van der Waals surface area contributed by atoms with Crippen molar-refractivity contribution in [3.63, 3.8) is 0 Å². The van der Waals surface area contributed by atoms with Gasteiger partial charge in [-0.05, 0) is 61.8 Å². The van der Waals surface area contributed by atoms with Crippen molar-refractivity contribution in [1.82, 2.24) is 4.90 Å². The number of nitrogens with zero attached hydrogens (tertiary/aromatic N) is 1. The molecule has 2 fully saturated rings. The van der Waals surface area contributed by atoms with Crippen LogP contribution < -0.4 is 0 Å². The molecule has 1 aromatic rings. The zero-order valence-corrected chi connectivity index (χ0v) is 17.2. The Bertz CT molecular complexity index is 549. The second-order valence-corrected chi connectivity index (χ2v) is 8.75. The Kier molecular flexibility index (Phi) is 7.84. The van der Waals surface area contributed by atoms with Crippen LogP contribution in [0.1, 0.15) is 101 Å². The molecule has 0 amide bonds. The van der Waals surface area contributed by atoms with Crippen molar-refractivity contribution in [3.05, 3.63) is 34.3 Å². The van der Waals surface area contributed by atoms with Gasteiger partial charge in [0.2, 0.25) is 0 Å². The third-order valence-corrected chi connectivity index (χ3v) is 6.97. The minimum absolute atomic E-state index is 0.412. The summed E-state index contributed by atoms with van der Waals surface area (Å²) in [5, 5.41) is 11.6. The fraction of sp³-hybridized carbons (Fsp3) is 0.739. The molecule has 0 bridgehead atoms. The minimum atomic E-state index is -0.412. The topological polar surface area (TPSA) is 23.5 Å². The summed E-state index contributed by atoms with van der Waals surface area (Å²) in [5.74, 6) is 0.615. The largest absolute Gasteiger partial charge is 0.388 e. The summed E-state index contributed by atoms with van der Waals surface area (Å²) in [6.07, 6.45) is 13.7. The normalized spacial score (nSPS) is 21.2. The Labute approximate surface area is 164 Å². The molecule has 1 atom stereocenters. The molecule has 0 radical (unpaired) electrons. The summed E-state index contributed by atoms with van der Waals surface area (Å²) < 4.78 is 0. The quantitative estimate of drug-likeness (QED) is 0.588. The molecule has 2 aliphatic carbocycles. The highest BCUT2D eigenvalue weighted by atomic mass is 35.5. The molecule has 2 nitrogen and oxygen atoms in total. The summed E-state index contributed by atoms with van der Waals surface area (Å²) in [7, 11) is 0. The fourth-order valence-corrected chi connectivity index (χ4v) is 5.34. The van der Waals surface area contributed by atoms with Gasteiger partial charge in [-0.1, -0.05) is 69.2 Å². The van der Waals surface area contributed by atoms with E-state index in [-0.39, 0.29) is 0 Å². The summed E-state index contributed by atoms with van der Waals surface area (Å²) >= 11 is 6.60. The maximum Gasteiger partial charge on any atom is 0.0802 e. The second kappa shape index (κ2) is 10.1. The molecule has 3 rings (SSSR count). The first kappa shape index (κ1) is 20.2. The van der Waals surface area contributed by atoms with Crippen LogP contribution in [0, 0.1) is 0 Å². The van der Waals surface area contributed by atoms with Crippen molar-refractivity contribution < 1.29 is 5.11 Å². The lowest BCUT2D eigenvalue weighted by Gasteiger charge is -2.34. The molecular weight excluding hydrogens is 342 g/mol. The molecular formula is C23H36ClNO. The van der Waals surface area contributed by atoms with Crippen LogP contribution in [0.15, 0.2) is 18.2 Å². The number of rotatable bonds is 7. The van der Waals surface area contributed by atoms with Gasteiger partial charge in [-0.3, -0.25) is 0 Å². The van der Waals surface area contributed by atoms with E-state index >= 15 is 0 Å². The van der Waals surface area contributed by atoms with E-state index in [4.69, 9.17) is 11.6 Å². The Morgan fingerprint density at radius 3 is 2.31 bits per heavy atom. The summed E-state index contributed by atoms with van der Waals surface area (Å²) in [4.78, 5) is 2.57. The van der Waals surface area contributed by atoms with Crippen LogP contribution in [-0.2, 0) is 0 Å². The molecule has 0 aromatic heterocycles. The van der Waals surface area contributed by atoms with E-state index in [1.54, 1.807) is 0 Å². The molecule has 0 aliphatic heterocycles. The molecule has 0 saturated heterocycles. The number of benzene rings is 1. The van der Waals surface area contributed by atoms with Gasteiger partial charge in [0.15, 0.2) is 0 Å². The molecule has 2 aliphatic rings. The van der Waals surface area contributed by atoms with Crippen molar-refractivity contribution in [2.75, 3.05) is 13.1 Å². The van der Waals surface area contributed by atoms with E-state index in [2.05, 4.69) is 24.0 Å². The first-order chi connectivity index (χ1) is 12.7. The predicted octanol–water partition coefficient (Wildman–Crippen LogP) is 6.47. The van der Waals surface area contributed by atoms with Crippen molar-refractivity contribution in [2.24, 2.45) is 0 Å². The van der Waals surface area contributed by atoms with Gasteiger partial charge in [-0.25, -0.2) is 0 Å². The van der Waals surface area contributed by atoms with Crippen LogP contribution in [0.25, 0.3) is 0 Å². The highest BCUT2D eigenvalue weighted by molar-refractivity contribution is 6.31. The van der Waals surface area contributed by atoms with Crippen molar-refractivity contribution in [1.29, 1.82) is 0 Å². The molecule has 3 heteroatoms. The number of aliphatic hydroxyl groups excluding tert-OH is 1. The van der Waals surface area contributed by atoms with Gasteiger partial charge in [0.05, 0.1) is 6.10 Å². The van der Waals surface area contributed by atoms with E-state index in [1.807, 2.05) is 6.07 Å². The van der Waals surface area contributed by atoms with Gasteiger partial charge in [0.25, 0.3) is 0 Å². The first-order valence-corrected chi connectivity index (χ1v) is 11.3. The highest BCUT2D eigenvalue weighted by Crippen LogP contribution is 2.37. The molecule has 1 aromatic carbocycles. The molecule has 26 heavy (non-hydrogen) atoms. The minimum Gasteiger partial charge on any atom is -0.388 e. The second-order valence-electron chi connectivity index (χ2n) is 8.34. The summed E-state index contributed by atoms with van der Waals surface area (Å²) in [5.41, 5.74) is 2.27. The highest BCUT2D eigenvalue weighted by Gasteiger charge is 2.22. The maximum atomic E-state index is 10.7. The molecule has 0 heterocycles. The SMILES string of the molecule is CCN(CCC(O)c1ccc(C2CCCCC2)c(Cl)c1)C1CCCCC1. The summed E-state index contributed by atoms with van der Waals surface area (Å²) in [6, 6.07) is 7.03. The van der Waals surface area contributed by atoms with Crippen LogP contribution in [0.3, 0.4) is 0 Å². The van der Waals surface area contributed by atoms with Crippen LogP contribution in [0.4, 0.5) is 0 Å². The third-order valence-electron chi connectivity index (χ3n) is 6.64. The Balaban J connectivity index is 1.56. The number of halogens is 1. The van der Waals surface area contributed by atoms with E-state index in [0.29, 0.717) is 5.92 Å². The Morgan fingerprint density at radius 2 is 1.69 bits per heavy atom. The lowest BCUT2D eigenvalue weighted by atomic mass is 9.83. The first-order valence-electron chi connectivity index (χ1n) is 10.9. The van der Waals surface area contributed by atoms with E-state index in [9.17, 15) is 5.11 Å². The van der Waals surface area contributed by atoms with Gasteiger partial charge >= 0.3 is 0 Å². The fourth-order valence-electron chi connectivity index (χ4n) is 5.00. The lowest BCUT2D eigenvalue weighted by molar-refractivity contribution is 0.112. The zero-order valence-electron chi connectivity index (χ0n) is 16.4. The van der Waals surface area contributed by atoms with Crippen LogP contribution in [-0.4, -0.2) is 29.1 Å². The van der Waals surface area contributed by atoms with Crippen LogP contribution in [0.5, 0.6) is 0 Å². The molecule has 0 spiro atoms. The van der Waals surface area contributed by atoms with Crippen LogP contribution in [0.2, 0.25) is 5.02 Å². The number of hydrogen-bond acceptors (Lipinski definition) is 2. The Morgan fingerprint density at radius 1 is 1.04 bits per heavy atom. The van der Waals surface area contributed by atoms with Gasteiger partial charge in [0.1, 0.15) is 0 Å². The van der Waals surface area contributed by atoms with Crippen LogP contribution >= 0.6 is 11.6 Å². The third kappa shape index (κ3) is 5.24. The zero-order chi connectivity index (χ0) is 18.4. The molecule has 146 valence electrons. The predicted molar refractivity (Wildman–Crippen MR) is 111 cm³/mol. The number of aliphatic hydroxyl groups is 1. The van der Waals surface area contributed by atoms with Gasteiger partial charge in [0, 0.05) is 17.6 Å². The summed E-state index contributed by atoms with van der Waals surface area (Å²) in [6.45, 7) is 4.31. The standard InChI is InChI=1S/C23H36ClNO/c1-2-25(20-11-7-4-8-12-20)16-15-23(26)19-13-14-21(22(24)17-19)18-9-5-3-6-10-18/h13-14,17-18,20,23,26H,2-12,15-16H2,1H3. The van der Waals surface area contributed by atoms with Crippen molar-refractivity contribution >= 4 is 11.6 Å². The number of hydrogen-bond donors (Lipinski definition) is 1. The van der Waals surface area contributed by atoms with Crippen molar-refractivity contribution in [3.8, 4) is 0 Å². The average Bonchev–Trinajstić information content (AvgIpc) is 2.69. The Hall–Kier alpha value is -0.570. The molecule has 2 saturated carbocycles. The van der Waals surface area contributed by atoms with E-state index < -0.39 is 6.10 Å².